The zero-order valence-electron chi connectivity index (χ0n) is 42.1. The molecule has 0 aromatic carbocycles. The standard InChI is InChI=1S/C41H72N6O5.3C2HF3O2/c1-29(2)7-6-8-30(3)34-11-12-35-33-10-9-31-27-32(13-15-40(31,4)36(33)14-16-41(34,35)5)52-39(50)45-23-26-51-38(49)46-28-37(48)47-24-21-43-19-17-42-18-20-44-22-25-47;3*3-2(4,5)1(6)7/h9,29-30,32-36,42-44H,6-8,10-28H2,1-5H3,(H,45,50)(H,46,49);3*(H,6,7)/t30-,32+,33+,34-,35+,36+,40+,41-;;;/m1.../s1. The Kier molecular flexibility index (Phi) is 26.1. The summed E-state index contributed by atoms with van der Waals surface area (Å²) in [6.45, 7) is 18.4. The zero-order valence-corrected chi connectivity index (χ0v) is 42.1. The number of hydrogen-bond donors (Lipinski definition) is 8. The summed E-state index contributed by atoms with van der Waals surface area (Å²) in [7, 11) is 0. The molecule has 5 aliphatic rings. The molecule has 0 aromatic heterocycles. The Labute approximate surface area is 419 Å². The number of halogens is 9. The number of aliphatic carboxylic acids is 3. The van der Waals surface area contributed by atoms with E-state index < -0.39 is 48.6 Å². The molecule has 1 heterocycles. The maximum absolute atomic E-state index is 12.8. The van der Waals surface area contributed by atoms with Crippen molar-refractivity contribution in [2.45, 2.75) is 130 Å². The van der Waals surface area contributed by atoms with E-state index in [-0.39, 0.29) is 37.1 Å². The monoisotopic (exact) mass is 1070 g/mol. The van der Waals surface area contributed by atoms with Crippen molar-refractivity contribution in [2.75, 3.05) is 72.1 Å². The van der Waals surface area contributed by atoms with Crippen molar-refractivity contribution in [3.8, 4) is 0 Å². The van der Waals surface area contributed by atoms with E-state index in [2.05, 4.69) is 67.3 Å². The van der Waals surface area contributed by atoms with Crippen LogP contribution in [0.1, 0.15) is 105 Å². The van der Waals surface area contributed by atoms with Crippen LogP contribution >= 0.6 is 0 Å². The lowest BCUT2D eigenvalue weighted by Gasteiger charge is -2.58. The maximum Gasteiger partial charge on any atom is 0.490 e. The molecule has 4 aliphatic carbocycles. The first-order chi connectivity index (χ1) is 33.8. The Bertz CT molecular complexity index is 1750. The highest BCUT2D eigenvalue weighted by molar-refractivity contribution is 5.82. The van der Waals surface area contributed by atoms with Crippen molar-refractivity contribution >= 4 is 36.0 Å². The topological polar surface area (TPSA) is 245 Å². The van der Waals surface area contributed by atoms with E-state index in [0.717, 1.165) is 80.9 Å². The van der Waals surface area contributed by atoms with Gasteiger partial charge in [-0.1, -0.05) is 65.5 Å². The second kappa shape index (κ2) is 29.5. The molecule has 8 atom stereocenters. The molecule has 0 radical (unpaired) electrons. The highest BCUT2D eigenvalue weighted by atomic mass is 19.4. The Morgan fingerprint density at radius 3 is 1.74 bits per heavy atom. The van der Waals surface area contributed by atoms with Crippen LogP contribution in [0.25, 0.3) is 0 Å². The van der Waals surface area contributed by atoms with Crippen LogP contribution in [-0.4, -0.2) is 153 Å². The highest BCUT2D eigenvalue weighted by Crippen LogP contribution is 2.67. The molecule has 0 unspecified atom stereocenters. The van der Waals surface area contributed by atoms with E-state index in [1.807, 2.05) is 0 Å². The van der Waals surface area contributed by atoms with Crippen LogP contribution in [0, 0.1) is 46.3 Å². The quantitative estimate of drug-likeness (QED) is 0.0573. The van der Waals surface area contributed by atoms with Crippen LogP contribution in [0.5, 0.6) is 0 Å². The molecule has 1 saturated heterocycles. The summed E-state index contributed by atoms with van der Waals surface area (Å²) in [6, 6.07) is 0. The minimum atomic E-state index is -5.08. The van der Waals surface area contributed by atoms with Crippen molar-refractivity contribution in [3.63, 3.8) is 0 Å². The lowest BCUT2D eigenvalue weighted by Crippen LogP contribution is -2.51. The van der Waals surface area contributed by atoms with Gasteiger partial charge >= 0.3 is 48.6 Å². The molecule has 3 saturated carbocycles. The molecule has 1 aliphatic heterocycles. The second-order valence-electron chi connectivity index (χ2n) is 20.0. The van der Waals surface area contributed by atoms with Crippen molar-refractivity contribution < 1.29 is 93.1 Å². The number of carboxylic acid groups (broad SMARTS) is 3. The molecule has 3 amide bonds. The fourth-order valence-corrected chi connectivity index (χ4v) is 11.1. The Morgan fingerprint density at radius 1 is 0.712 bits per heavy atom. The smallest absolute Gasteiger partial charge is 0.475 e. The van der Waals surface area contributed by atoms with Crippen LogP contribution in [0.3, 0.4) is 0 Å². The maximum atomic E-state index is 12.8. The summed E-state index contributed by atoms with van der Waals surface area (Å²) >= 11 is 0. The van der Waals surface area contributed by atoms with Gasteiger partial charge in [-0.15, -0.1) is 0 Å². The number of carbonyl (C=O) groups is 6. The predicted molar refractivity (Wildman–Crippen MR) is 247 cm³/mol. The fraction of sp³-hybridized carbons (Fsp3) is 0.830. The molecule has 73 heavy (non-hydrogen) atoms. The molecule has 5 rings (SSSR count). The lowest BCUT2D eigenvalue weighted by atomic mass is 9.47. The van der Waals surface area contributed by atoms with E-state index in [0.29, 0.717) is 31.6 Å². The minimum absolute atomic E-state index is 0.00462. The zero-order chi connectivity index (χ0) is 55.4. The summed E-state index contributed by atoms with van der Waals surface area (Å²) in [4.78, 5) is 66.2. The van der Waals surface area contributed by atoms with Gasteiger partial charge in [0.15, 0.2) is 0 Å². The van der Waals surface area contributed by atoms with Crippen molar-refractivity contribution in [1.82, 2.24) is 31.5 Å². The van der Waals surface area contributed by atoms with Gasteiger partial charge in [0.25, 0.3) is 0 Å². The summed E-state index contributed by atoms with van der Waals surface area (Å²) in [5.41, 5.74) is 2.20. The number of ether oxygens (including phenoxy) is 2. The molecule has 17 nitrogen and oxygen atoms in total. The van der Waals surface area contributed by atoms with E-state index in [1.165, 1.54) is 56.9 Å². The number of nitrogens with one attached hydrogen (secondary N) is 5. The van der Waals surface area contributed by atoms with Gasteiger partial charge in [-0.05, 0) is 91.3 Å². The number of rotatable bonds is 11. The lowest BCUT2D eigenvalue weighted by molar-refractivity contribution is -0.193. The average molecular weight is 1070 g/mol. The molecule has 422 valence electrons. The van der Waals surface area contributed by atoms with Gasteiger partial charge in [0.2, 0.25) is 5.91 Å². The van der Waals surface area contributed by atoms with Gasteiger partial charge in [0.1, 0.15) is 19.3 Å². The first kappa shape index (κ1) is 64.5. The molecule has 0 aromatic rings. The summed E-state index contributed by atoms with van der Waals surface area (Å²) < 4.78 is 106. The normalized spacial score (nSPS) is 26.9. The number of alkyl carbamates (subject to hydrolysis) is 2. The van der Waals surface area contributed by atoms with E-state index in [9.17, 15) is 53.9 Å². The van der Waals surface area contributed by atoms with E-state index in [4.69, 9.17) is 39.2 Å². The Morgan fingerprint density at radius 2 is 1.23 bits per heavy atom. The van der Waals surface area contributed by atoms with Gasteiger partial charge in [-0.3, -0.25) is 4.79 Å². The van der Waals surface area contributed by atoms with Crippen LogP contribution in [0.2, 0.25) is 0 Å². The predicted octanol–water partition coefficient (Wildman–Crippen LogP) is 7.36. The minimum Gasteiger partial charge on any atom is -0.475 e. The van der Waals surface area contributed by atoms with E-state index in [1.54, 1.807) is 4.90 Å². The molecular formula is C47H75F9N6O11. The second-order valence-corrected chi connectivity index (χ2v) is 20.0. The summed E-state index contributed by atoms with van der Waals surface area (Å²) in [6.07, 6.45) is -0.412. The number of nitrogens with zero attached hydrogens (tertiary/aromatic N) is 1. The largest absolute Gasteiger partial charge is 0.490 e. The van der Waals surface area contributed by atoms with Crippen molar-refractivity contribution in [1.29, 1.82) is 0 Å². The first-order valence-corrected chi connectivity index (χ1v) is 24.7. The molecule has 26 heteroatoms. The number of carboxylic acids is 3. The van der Waals surface area contributed by atoms with Gasteiger partial charge in [-0.25, -0.2) is 24.0 Å². The molecule has 0 spiro atoms. The average Bonchev–Trinajstić information content (AvgIpc) is 3.64. The number of amides is 3. The molecule has 0 bridgehead atoms. The number of carbonyl (C=O) groups excluding carboxylic acids is 3. The van der Waals surface area contributed by atoms with Crippen LogP contribution in [0.15, 0.2) is 11.6 Å². The summed E-state index contributed by atoms with van der Waals surface area (Å²) in [5.74, 6) is -3.58. The first-order valence-electron chi connectivity index (χ1n) is 24.7. The Hall–Kier alpha value is -4.59. The fourth-order valence-electron chi connectivity index (χ4n) is 11.1. The third kappa shape index (κ3) is 21.7. The van der Waals surface area contributed by atoms with Crippen molar-refractivity contribution in [2.24, 2.45) is 46.3 Å². The number of allylic oxidation sites excluding steroid dienone is 1. The number of hydrogen-bond acceptors (Lipinski definition) is 11. The van der Waals surface area contributed by atoms with Crippen LogP contribution in [0.4, 0.5) is 49.1 Å². The highest BCUT2D eigenvalue weighted by Gasteiger charge is 2.59. The van der Waals surface area contributed by atoms with Gasteiger partial charge in [0, 0.05) is 58.8 Å². The SMILES string of the molecule is CC(C)CCC[C@@H](C)[C@H]1CC[C@H]2[C@@H]3CC=C4C[C@@H](OC(=O)NCCOC(=O)NCC(=O)N5CCNCCNCCNCC5)CC[C@]4(C)[C@H]3CC[C@]12C.O=C(O)C(F)(F)F.O=C(O)C(F)(F)F.O=C(O)C(F)(F)F. The van der Waals surface area contributed by atoms with E-state index >= 15 is 0 Å². The molecular weight excluding hydrogens is 996 g/mol. The molecule has 4 fully saturated rings. The van der Waals surface area contributed by atoms with Gasteiger partial charge in [-0.2, -0.15) is 39.5 Å². The van der Waals surface area contributed by atoms with Crippen LogP contribution in [-0.2, 0) is 28.7 Å². The Balaban J connectivity index is 0.000000725. The van der Waals surface area contributed by atoms with Gasteiger partial charge < -0.3 is 56.3 Å². The number of fused-ring (bicyclic) bond motifs is 5. The number of alkyl halides is 9. The molecule has 8 N–H and O–H groups in total. The van der Waals surface area contributed by atoms with Gasteiger partial charge in [0.05, 0.1) is 6.54 Å². The third-order valence-corrected chi connectivity index (χ3v) is 14.7. The van der Waals surface area contributed by atoms with Crippen molar-refractivity contribution in [3.05, 3.63) is 11.6 Å². The van der Waals surface area contributed by atoms with Crippen LogP contribution < -0.4 is 26.6 Å². The summed E-state index contributed by atoms with van der Waals surface area (Å²) in [5, 5.41) is 36.7. The third-order valence-electron chi connectivity index (χ3n) is 14.7.